The summed E-state index contributed by atoms with van der Waals surface area (Å²) in [5.41, 5.74) is 2.29. The number of aromatic carboxylic acids is 1. The minimum absolute atomic E-state index is 0.358. The highest BCUT2D eigenvalue weighted by atomic mass is 35.5. The van der Waals surface area contributed by atoms with E-state index in [4.69, 9.17) is 11.6 Å². The van der Waals surface area contributed by atoms with Gasteiger partial charge < -0.3 is 9.67 Å². The third kappa shape index (κ3) is 2.15. The third-order valence-corrected chi connectivity index (χ3v) is 4.00. The Hall–Kier alpha value is -1.74. The van der Waals surface area contributed by atoms with Crippen molar-refractivity contribution in [3.05, 3.63) is 52.8 Å². The summed E-state index contributed by atoms with van der Waals surface area (Å²) in [7, 11) is 0. The van der Waals surface area contributed by atoms with Gasteiger partial charge in [0.1, 0.15) is 0 Å². The molecule has 1 heterocycles. The van der Waals surface area contributed by atoms with Gasteiger partial charge in [0.25, 0.3) is 0 Å². The lowest BCUT2D eigenvalue weighted by Gasteiger charge is -2.28. The van der Waals surface area contributed by atoms with Crippen molar-refractivity contribution in [2.75, 3.05) is 0 Å². The van der Waals surface area contributed by atoms with Crippen molar-refractivity contribution in [1.82, 2.24) is 4.57 Å². The second-order valence-corrected chi connectivity index (χ2v) is 5.33. The third-order valence-electron chi connectivity index (χ3n) is 3.75. The molecule has 1 aromatic heterocycles. The molecule has 0 saturated heterocycles. The lowest BCUT2D eigenvalue weighted by molar-refractivity contribution is 0.0694. The summed E-state index contributed by atoms with van der Waals surface area (Å²) < 4.78 is 1.98. The molecule has 19 heavy (non-hydrogen) atoms. The first-order valence-electron chi connectivity index (χ1n) is 6.37. The summed E-state index contributed by atoms with van der Waals surface area (Å²) in [6, 6.07) is 9.15. The Balaban J connectivity index is 2.10. The van der Waals surface area contributed by atoms with Crippen molar-refractivity contribution in [1.29, 1.82) is 0 Å². The molecule has 0 amide bonds. The fourth-order valence-corrected chi connectivity index (χ4v) is 2.68. The lowest BCUT2D eigenvalue weighted by Crippen LogP contribution is -2.16. The number of aromatic nitrogens is 1. The van der Waals surface area contributed by atoms with Crippen LogP contribution in [0.25, 0.3) is 5.69 Å². The highest BCUT2D eigenvalue weighted by Gasteiger charge is 2.28. The molecule has 0 atom stereocenters. The van der Waals surface area contributed by atoms with Gasteiger partial charge in [-0.3, -0.25) is 0 Å². The van der Waals surface area contributed by atoms with Gasteiger partial charge in [0.05, 0.1) is 5.56 Å². The fraction of sp³-hybridized carbons (Fsp3) is 0.267. The molecule has 2 aromatic rings. The highest BCUT2D eigenvalue weighted by molar-refractivity contribution is 6.30. The van der Waals surface area contributed by atoms with Gasteiger partial charge in [0.15, 0.2) is 0 Å². The number of hydrogen-bond acceptors (Lipinski definition) is 1. The van der Waals surface area contributed by atoms with Gasteiger partial charge in [-0.25, -0.2) is 4.79 Å². The van der Waals surface area contributed by atoms with Crippen molar-refractivity contribution >= 4 is 17.6 Å². The van der Waals surface area contributed by atoms with E-state index in [1.54, 1.807) is 6.07 Å². The summed E-state index contributed by atoms with van der Waals surface area (Å²) in [6.45, 7) is 0. The number of carbonyl (C=O) groups is 1. The van der Waals surface area contributed by atoms with Crippen molar-refractivity contribution in [3.63, 3.8) is 0 Å². The highest BCUT2D eigenvalue weighted by Crippen LogP contribution is 2.39. The minimum Gasteiger partial charge on any atom is -0.478 e. The van der Waals surface area contributed by atoms with Gasteiger partial charge in [0, 0.05) is 28.5 Å². The largest absolute Gasteiger partial charge is 0.478 e. The summed E-state index contributed by atoms with van der Waals surface area (Å²) in [6.07, 6.45) is 5.14. The summed E-state index contributed by atoms with van der Waals surface area (Å²) in [5, 5.41) is 9.98. The average molecular weight is 276 g/mol. The van der Waals surface area contributed by atoms with Gasteiger partial charge in [-0.2, -0.15) is 0 Å². The first-order valence-corrected chi connectivity index (χ1v) is 6.75. The number of halogens is 1. The van der Waals surface area contributed by atoms with Gasteiger partial charge in [0.2, 0.25) is 0 Å². The molecule has 1 aliphatic carbocycles. The van der Waals surface area contributed by atoms with Crippen LogP contribution in [0.5, 0.6) is 0 Å². The van der Waals surface area contributed by atoms with E-state index in [0.717, 1.165) is 24.2 Å². The molecule has 98 valence electrons. The average Bonchev–Trinajstić information content (AvgIpc) is 2.72. The molecule has 1 saturated carbocycles. The van der Waals surface area contributed by atoms with Crippen LogP contribution in [0.4, 0.5) is 0 Å². The maximum Gasteiger partial charge on any atom is 0.337 e. The number of carboxylic acid groups (broad SMARTS) is 1. The van der Waals surface area contributed by atoms with Crippen molar-refractivity contribution in [3.8, 4) is 5.69 Å². The Kier molecular flexibility index (Phi) is 3.07. The zero-order valence-electron chi connectivity index (χ0n) is 10.3. The molecule has 0 aliphatic heterocycles. The Bertz CT molecular complexity index is 612. The molecule has 0 bridgehead atoms. The van der Waals surface area contributed by atoms with Gasteiger partial charge in [-0.15, -0.1) is 0 Å². The molecule has 1 N–H and O–H groups in total. The zero-order chi connectivity index (χ0) is 13.4. The van der Waals surface area contributed by atoms with E-state index in [1.807, 2.05) is 35.0 Å². The van der Waals surface area contributed by atoms with Crippen LogP contribution in [-0.2, 0) is 0 Å². The second-order valence-electron chi connectivity index (χ2n) is 4.89. The van der Waals surface area contributed by atoms with Crippen LogP contribution < -0.4 is 0 Å². The second kappa shape index (κ2) is 4.74. The first kappa shape index (κ1) is 12.3. The zero-order valence-corrected chi connectivity index (χ0v) is 11.1. The molecule has 3 nitrogen and oxygen atoms in total. The van der Waals surface area contributed by atoms with Crippen LogP contribution in [-0.4, -0.2) is 15.6 Å². The molecular formula is C15H14ClNO2. The lowest BCUT2D eigenvalue weighted by atomic mass is 9.81. The summed E-state index contributed by atoms with van der Waals surface area (Å²) in [5.74, 6) is -0.494. The number of carboxylic acids is 1. The number of nitrogens with zero attached hydrogens (tertiary/aromatic N) is 1. The predicted octanol–water partition coefficient (Wildman–Crippen LogP) is 4.10. The van der Waals surface area contributed by atoms with E-state index in [2.05, 4.69) is 0 Å². The fourth-order valence-electron chi connectivity index (χ4n) is 2.55. The van der Waals surface area contributed by atoms with Crippen LogP contribution in [0.15, 0.2) is 36.5 Å². The van der Waals surface area contributed by atoms with Crippen LogP contribution >= 0.6 is 11.6 Å². The molecule has 0 unspecified atom stereocenters. The molecule has 1 aliphatic rings. The van der Waals surface area contributed by atoms with Crippen LogP contribution in [0.2, 0.25) is 5.02 Å². The van der Waals surface area contributed by atoms with Crippen molar-refractivity contribution < 1.29 is 9.90 Å². The molecule has 0 radical (unpaired) electrons. The molecule has 4 heteroatoms. The van der Waals surface area contributed by atoms with Crippen molar-refractivity contribution in [2.45, 2.75) is 25.2 Å². The Morgan fingerprint density at radius 1 is 1.21 bits per heavy atom. The van der Waals surface area contributed by atoms with E-state index in [9.17, 15) is 9.90 Å². The van der Waals surface area contributed by atoms with E-state index in [-0.39, 0.29) is 0 Å². The molecule has 1 aromatic carbocycles. The van der Waals surface area contributed by atoms with Crippen LogP contribution in [0, 0.1) is 0 Å². The predicted molar refractivity (Wildman–Crippen MR) is 74.3 cm³/mol. The first-order chi connectivity index (χ1) is 9.16. The standard InChI is InChI=1S/C15H14ClNO2/c16-11-4-6-12(7-5-11)17-9-8-13(15(18)19)14(17)10-2-1-3-10/h4-10H,1-3H2,(H,18,19). The van der Waals surface area contributed by atoms with E-state index in [0.29, 0.717) is 16.5 Å². The van der Waals surface area contributed by atoms with Gasteiger partial charge >= 0.3 is 5.97 Å². The van der Waals surface area contributed by atoms with Crippen LogP contribution in [0.1, 0.15) is 41.2 Å². The monoisotopic (exact) mass is 275 g/mol. The smallest absolute Gasteiger partial charge is 0.337 e. The number of benzene rings is 1. The van der Waals surface area contributed by atoms with E-state index < -0.39 is 5.97 Å². The quantitative estimate of drug-likeness (QED) is 0.916. The molecule has 1 fully saturated rings. The Morgan fingerprint density at radius 2 is 1.89 bits per heavy atom. The summed E-state index contributed by atoms with van der Waals surface area (Å²) >= 11 is 5.89. The topological polar surface area (TPSA) is 42.2 Å². The summed E-state index contributed by atoms with van der Waals surface area (Å²) in [4.78, 5) is 11.3. The molecule has 0 spiro atoms. The van der Waals surface area contributed by atoms with Gasteiger partial charge in [-0.1, -0.05) is 18.0 Å². The van der Waals surface area contributed by atoms with Crippen LogP contribution in [0.3, 0.4) is 0 Å². The maximum absolute atomic E-state index is 11.3. The maximum atomic E-state index is 11.3. The SMILES string of the molecule is O=C(O)c1ccn(-c2ccc(Cl)cc2)c1C1CCC1. The normalized spacial score (nSPS) is 15.2. The Morgan fingerprint density at radius 3 is 2.42 bits per heavy atom. The number of rotatable bonds is 3. The van der Waals surface area contributed by atoms with Crippen molar-refractivity contribution in [2.24, 2.45) is 0 Å². The van der Waals surface area contributed by atoms with E-state index >= 15 is 0 Å². The molecule has 3 rings (SSSR count). The Labute approximate surface area is 116 Å². The molecular weight excluding hydrogens is 262 g/mol. The number of hydrogen-bond donors (Lipinski definition) is 1. The van der Waals surface area contributed by atoms with Gasteiger partial charge in [-0.05, 0) is 43.2 Å². The minimum atomic E-state index is -0.852. The van der Waals surface area contributed by atoms with E-state index in [1.165, 1.54) is 6.42 Å².